The number of benzene rings is 1. The van der Waals surface area contributed by atoms with E-state index >= 15 is 0 Å². The summed E-state index contributed by atoms with van der Waals surface area (Å²) >= 11 is 0. The minimum Gasteiger partial charge on any atom is -0.387 e. The van der Waals surface area contributed by atoms with Gasteiger partial charge in [0.15, 0.2) is 0 Å². The Morgan fingerprint density at radius 2 is 2.00 bits per heavy atom. The van der Waals surface area contributed by atoms with Crippen molar-refractivity contribution in [1.29, 1.82) is 0 Å². The van der Waals surface area contributed by atoms with E-state index in [1.54, 1.807) is 0 Å². The number of rotatable bonds is 0. The molecular formula is C9H9CuN. The molecule has 0 saturated carbocycles. The van der Waals surface area contributed by atoms with Crippen molar-refractivity contribution < 1.29 is 17.1 Å². The summed E-state index contributed by atoms with van der Waals surface area (Å²) in [4.78, 5) is 0. The number of fused-ring (bicyclic) bond motifs is 1. The van der Waals surface area contributed by atoms with Crippen LogP contribution in [0.25, 0.3) is 6.08 Å². The van der Waals surface area contributed by atoms with E-state index in [-0.39, 0.29) is 17.1 Å². The van der Waals surface area contributed by atoms with E-state index in [9.17, 15) is 0 Å². The summed E-state index contributed by atoms with van der Waals surface area (Å²) < 4.78 is 0. The minimum atomic E-state index is 0. The summed E-state index contributed by atoms with van der Waals surface area (Å²) in [7, 11) is 0. The van der Waals surface area contributed by atoms with Gasteiger partial charge < -0.3 is 5.32 Å². The zero-order chi connectivity index (χ0) is 6.81. The second kappa shape index (κ2) is 3.61. The smallest absolute Gasteiger partial charge is 0.0401 e. The van der Waals surface area contributed by atoms with Crippen LogP contribution in [-0.4, -0.2) is 0 Å². The van der Waals surface area contributed by atoms with E-state index in [2.05, 4.69) is 35.7 Å². The molecule has 0 spiro atoms. The van der Waals surface area contributed by atoms with Crippen molar-refractivity contribution in [2.45, 2.75) is 6.54 Å². The van der Waals surface area contributed by atoms with Crippen LogP contribution in [-0.2, 0) is 23.6 Å². The van der Waals surface area contributed by atoms with Crippen LogP contribution in [0.5, 0.6) is 0 Å². The number of hydrogen-bond acceptors (Lipinski definition) is 1. The quantitative estimate of drug-likeness (QED) is 0.621. The molecule has 1 aromatic carbocycles. The van der Waals surface area contributed by atoms with Gasteiger partial charge in [-0.15, -0.1) is 0 Å². The van der Waals surface area contributed by atoms with E-state index in [0.29, 0.717) is 0 Å². The normalized spacial score (nSPS) is 12.7. The first-order chi connectivity index (χ1) is 4.97. The van der Waals surface area contributed by atoms with Crippen molar-refractivity contribution in [3.05, 3.63) is 41.6 Å². The van der Waals surface area contributed by atoms with Crippen molar-refractivity contribution in [3.8, 4) is 0 Å². The van der Waals surface area contributed by atoms with Gasteiger partial charge in [-0.25, -0.2) is 0 Å². The third kappa shape index (κ3) is 1.65. The Hall–Kier alpha value is -0.721. The molecular weight excluding hydrogens is 186 g/mol. The fourth-order valence-electron chi connectivity index (χ4n) is 1.18. The Bertz CT molecular complexity index is 268. The van der Waals surface area contributed by atoms with Gasteiger partial charge in [-0.3, -0.25) is 0 Å². The van der Waals surface area contributed by atoms with Crippen LogP contribution < -0.4 is 5.32 Å². The topological polar surface area (TPSA) is 12.0 Å². The van der Waals surface area contributed by atoms with Gasteiger partial charge in [0.1, 0.15) is 0 Å². The molecule has 11 heavy (non-hydrogen) atoms. The standard InChI is InChI=1S/C9H9N.Cu/c1-2-4-9-7-10-6-5-8(9)3-1;/h1-6,10H,7H2;. The summed E-state index contributed by atoms with van der Waals surface area (Å²) in [5.41, 5.74) is 2.71. The van der Waals surface area contributed by atoms with Gasteiger partial charge in [-0.1, -0.05) is 24.3 Å². The maximum absolute atomic E-state index is 3.16. The van der Waals surface area contributed by atoms with Gasteiger partial charge in [0, 0.05) is 23.6 Å². The first-order valence-corrected chi connectivity index (χ1v) is 3.45. The maximum Gasteiger partial charge on any atom is 0.0401 e. The van der Waals surface area contributed by atoms with Crippen molar-refractivity contribution in [2.75, 3.05) is 0 Å². The first-order valence-electron chi connectivity index (χ1n) is 3.45. The second-order valence-corrected chi connectivity index (χ2v) is 2.41. The molecule has 1 radical (unpaired) electrons. The largest absolute Gasteiger partial charge is 0.387 e. The Balaban J connectivity index is 0.000000605. The van der Waals surface area contributed by atoms with E-state index in [4.69, 9.17) is 0 Å². The molecule has 0 aliphatic carbocycles. The molecule has 1 aromatic rings. The molecule has 2 rings (SSSR count). The van der Waals surface area contributed by atoms with Crippen LogP contribution in [0.2, 0.25) is 0 Å². The molecule has 2 heteroatoms. The fraction of sp³-hybridized carbons (Fsp3) is 0.111. The Labute approximate surface area is 77.0 Å². The summed E-state index contributed by atoms with van der Waals surface area (Å²) in [6.45, 7) is 0.965. The second-order valence-electron chi connectivity index (χ2n) is 2.41. The molecule has 0 bridgehead atoms. The fourth-order valence-corrected chi connectivity index (χ4v) is 1.18. The molecule has 0 aromatic heterocycles. The maximum atomic E-state index is 3.16. The van der Waals surface area contributed by atoms with Gasteiger partial charge in [-0.2, -0.15) is 0 Å². The number of nitrogens with one attached hydrogen (secondary N) is 1. The summed E-state index contributed by atoms with van der Waals surface area (Å²) in [5.74, 6) is 0. The Kier molecular flexibility index (Phi) is 2.75. The SMILES string of the molecule is C1=Cc2ccccc2CN1.[Cu]. The summed E-state index contributed by atoms with van der Waals surface area (Å²) in [6.07, 6.45) is 4.08. The monoisotopic (exact) mass is 194 g/mol. The zero-order valence-electron chi connectivity index (χ0n) is 5.97. The van der Waals surface area contributed by atoms with Crippen LogP contribution in [0.4, 0.5) is 0 Å². The van der Waals surface area contributed by atoms with Crippen LogP contribution >= 0.6 is 0 Å². The molecule has 0 fully saturated rings. The van der Waals surface area contributed by atoms with E-state index in [1.807, 2.05) is 6.20 Å². The van der Waals surface area contributed by atoms with Crippen molar-refractivity contribution in [2.24, 2.45) is 0 Å². The molecule has 1 N–H and O–H groups in total. The van der Waals surface area contributed by atoms with Crippen LogP contribution in [0.3, 0.4) is 0 Å². The minimum absolute atomic E-state index is 0. The van der Waals surface area contributed by atoms with E-state index < -0.39 is 0 Å². The third-order valence-corrected chi connectivity index (χ3v) is 1.73. The Morgan fingerprint density at radius 1 is 1.18 bits per heavy atom. The molecule has 61 valence electrons. The van der Waals surface area contributed by atoms with Crippen LogP contribution in [0.1, 0.15) is 11.1 Å². The molecule has 0 atom stereocenters. The van der Waals surface area contributed by atoms with Crippen LogP contribution in [0.15, 0.2) is 30.5 Å². The van der Waals surface area contributed by atoms with E-state index in [1.165, 1.54) is 11.1 Å². The average Bonchev–Trinajstić information content (AvgIpc) is 2.05. The molecule has 0 unspecified atom stereocenters. The average molecular weight is 195 g/mol. The van der Waals surface area contributed by atoms with Crippen molar-refractivity contribution >= 4 is 6.08 Å². The molecule has 1 aliphatic rings. The summed E-state index contributed by atoms with van der Waals surface area (Å²) in [6, 6.07) is 8.41. The van der Waals surface area contributed by atoms with Gasteiger partial charge in [0.25, 0.3) is 0 Å². The summed E-state index contributed by atoms with van der Waals surface area (Å²) in [5, 5.41) is 3.16. The van der Waals surface area contributed by atoms with Crippen molar-refractivity contribution in [1.82, 2.24) is 5.32 Å². The number of hydrogen-bond donors (Lipinski definition) is 1. The Morgan fingerprint density at radius 3 is 2.82 bits per heavy atom. The predicted molar refractivity (Wildman–Crippen MR) is 42.3 cm³/mol. The van der Waals surface area contributed by atoms with Gasteiger partial charge >= 0.3 is 0 Å². The predicted octanol–water partition coefficient (Wildman–Crippen LogP) is 1.76. The van der Waals surface area contributed by atoms with Crippen LogP contribution in [0, 0.1) is 0 Å². The van der Waals surface area contributed by atoms with Gasteiger partial charge in [-0.05, 0) is 23.4 Å². The molecule has 1 aliphatic heterocycles. The van der Waals surface area contributed by atoms with Crippen molar-refractivity contribution in [3.63, 3.8) is 0 Å². The molecule has 0 amide bonds. The molecule has 1 heterocycles. The zero-order valence-corrected chi connectivity index (χ0v) is 6.91. The van der Waals surface area contributed by atoms with Gasteiger partial charge in [0.2, 0.25) is 0 Å². The third-order valence-electron chi connectivity index (χ3n) is 1.73. The van der Waals surface area contributed by atoms with E-state index in [0.717, 1.165) is 6.54 Å². The first kappa shape index (κ1) is 8.38. The van der Waals surface area contributed by atoms with Gasteiger partial charge in [0.05, 0.1) is 0 Å². The molecule has 1 nitrogen and oxygen atoms in total. The molecule has 0 saturated heterocycles.